The van der Waals surface area contributed by atoms with Crippen LogP contribution in [0.1, 0.15) is 5.56 Å². The topological polar surface area (TPSA) is 82.8 Å². The predicted molar refractivity (Wildman–Crippen MR) is 98.9 cm³/mol. The van der Waals surface area contributed by atoms with E-state index in [0.717, 1.165) is 4.57 Å². The van der Waals surface area contributed by atoms with E-state index in [1.165, 1.54) is 56.1 Å². The fourth-order valence-corrected chi connectivity index (χ4v) is 2.38. The summed E-state index contributed by atoms with van der Waals surface area (Å²) in [6.07, 6.45) is 4.06. The standard InChI is InChI=1S/C18H21N3O5/c1-19-11-12(17(23)21(3)18(19)24)6-9-16(22)20(2)13-7-8-14(25-4)15(10-13)26-5/h6-11H,1-5H3/b9-6+. The van der Waals surface area contributed by atoms with E-state index in [1.54, 1.807) is 25.2 Å². The summed E-state index contributed by atoms with van der Waals surface area (Å²) >= 11 is 0. The zero-order valence-electron chi connectivity index (χ0n) is 15.3. The van der Waals surface area contributed by atoms with Crippen molar-refractivity contribution in [3.63, 3.8) is 0 Å². The molecule has 138 valence electrons. The number of benzene rings is 1. The first kappa shape index (κ1) is 19.0. The number of hydrogen-bond acceptors (Lipinski definition) is 5. The van der Waals surface area contributed by atoms with Gasteiger partial charge in [0.1, 0.15) is 0 Å². The zero-order chi connectivity index (χ0) is 19.4. The molecular formula is C18H21N3O5. The lowest BCUT2D eigenvalue weighted by molar-refractivity contribution is -0.113. The molecule has 0 bridgehead atoms. The van der Waals surface area contributed by atoms with Crippen molar-refractivity contribution >= 4 is 17.7 Å². The average molecular weight is 359 g/mol. The van der Waals surface area contributed by atoms with E-state index >= 15 is 0 Å². The van der Waals surface area contributed by atoms with E-state index in [4.69, 9.17) is 9.47 Å². The van der Waals surface area contributed by atoms with Crippen molar-refractivity contribution in [2.24, 2.45) is 14.1 Å². The molecule has 0 saturated heterocycles. The van der Waals surface area contributed by atoms with Crippen LogP contribution in [0.25, 0.3) is 6.08 Å². The molecule has 0 fully saturated rings. The highest BCUT2D eigenvalue weighted by molar-refractivity contribution is 6.03. The van der Waals surface area contributed by atoms with Crippen LogP contribution in [0.15, 0.2) is 40.1 Å². The van der Waals surface area contributed by atoms with Crippen molar-refractivity contribution in [3.05, 3.63) is 56.9 Å². The van der Waals surface area contributed by atoms with Crippen LogP contribution in [0.5, 0.6) is 11.5 Å². The maximum Gasteiger partial charge on any atom is 0.330 e. The number of hydrogen-bond donors (Lipinski definition) is 0. The fraction of sp³-hybridized carbons (Fsp3) is 0.278. The highest BCUT2D eigenvalue weighted by Gasteiger charge is 2.12. The molecule has 0 atom stereocenters. The second kappa shape index (κ2) is 7.73. The number of rotatable bonds is 5. The van der Waals surface area contributed by atoms with Crippen molar-refractivity contribution in [1.82, 2.24) is 9.13 Å². The van der Waals surface area contributed by atoms with E-state index in [0.29, 0.717) is 17.2 Å². The first-order valence-corrected chi connectivity index (χ1v) is 7.74. The summed E-state index contributed by atoms with van der Waals surface area (Å²) in [5.74, 6) is 0.718. The molecule has 2 aromatic rings. The summed E-state index contributed by atoms with van der Waals surface area (Å²) in [5.41, 5.74) is -0.0545. The van der Waals surface area contributed by atoms with Crippen LogP contribution in [0, 0.1) is 0 Å². The molecule has 0 aliphatic rings. The van der Waals surface area contributed by atoms with Crippen molar-refractivity contribution < 1.29 is 14.3 Å². The Balaban J connectivity index is 2.29. The maximum atomic E-state index is 12.4. The van der Waals surface area contributed by atoms with E-state index in [2.05, 4.69) is 0 Å². The zero-order valence-corrected chi connectivity index (χ0v) is 15.3. The number of carbonyl (C=O) groups excluding carboxylic acids is 1. The first-order valence-electron chi connectivity index (χ1n) is 7.74. The molecule has 1 heterocycles. The SMILES string of the molecule is COc1ccc(N(C)C(=O)/C=C/c2cn(C)c(=O)n(C)c2=O)cc1OC. The van der Waals surface area contributed by atoms with Gasteiger partial charge < -0.3 is 18.9 Å². The molecule has 0 spiro atoms. The Kier molecular flexibility index (Phi) is 5.66. The van der Waals surface area contributed by atoms with Gasteiger partial charge >= 0.3 is 5.69 Å². The second-order valence-electron chi connectivity index (χ2n) is 5.61. The number of methoxy groups -OCH3 is 2. The minimum atomic E-state index is -0.467. The number of likely N-dealkylation sites (N-methyl/N-ethyl adjacent to an activating group) is 1. The fourth-order valence-electron chi connectivity index (χ4n) is 2.38. The lowest BCUT2D eigenvalue weighted by Crippen LogP contribution is -2.37. The number of aryl methyl sites for hydroxylation is 1. The van der Waals surface area contributed by atoms with Crippen LogP contribution < -0.4 is 25.6 Å². The highest BCUT2D eigenvalue weighted by Crippen LogP contribution is 2.31. The van der Waals surface area contributed by atoms with Gasteiger partial charge in [0.2, 0.25) is 0 Å². The van der Waals surface area contributed by atoms with Gasteiger partial charge in [-0.15, -0.1) is 0 Å². The molecule has 8 nitrogen and oxygen atoms in total. The molecule has 0 aliphatic heterocycles. The van der Waals surface area contributed by atoms with Gasteiger partial charge in [-0.3, -0.25) is 14.2 Å². The van der Waals surface area contributed by atoms with Crippen LogP contribution in [0.4, 0.5) is 5.69 Å². The van der Waals surface area contributed by atoms with Crippen molar-refractivity contribution in [2.75, 3.05) is 26.2 Å². The maximum absolute atomic E-state index is 12.4. The summed E-state index contributed by atoms with van der Waals surface area (Å²) in [6, 6.07) is 5.10. The van der Waals surface area contributed by atoms with Crippen LogP contribution in [-0.4, -0.2) is 36.3 Å². The van der Waals surface area contributed by atoms with Gasteiger partial charge in [0.05, 0.1) is 19.8 Å². The van der Waals surface area contributed by atoms with Crippen LogP contribution >= 0.6 is 0 Å². The predicted octanol–water partition coefficient (Wildman–Crippen LogP) is 0.777. The Morgan fingerprint density at radius 2 is 1.77 bits per heavy atom. The van der Waals surface area contributed by atoms with Gasteiger partial charge in [0.15, 0.2) is 11.5 Å². The number of carbonyl (C=O) groups is 1. The van der Waals surface area contributed by atoms with Crippen LogP contribution in [0.2, 0.25) is 0 Å². The first-order chi connectivity index (χ1) is 12.3. The number of anilines is 1. The molecule has 0 saturated carbocycles. The quantitative estimate of drug-likeness (QED) is 0.737. The summed E-state index contributed by atoms with van der Waals surface area (Å²) in [5, 5.41) is 0. The minimum absolute atomic E-state index is 0.240. The Labute approximate surface area is 150 Å². The smallest absolute Gasteiger partial charge is 0.330 e. The number of ether oxygens (including phenoxy) is 2. The molecule has 0 unspecified atom stereocenters. The van der Waals surface area contributed by atoms with Gasteiger partial charge in [-0.05, 0) is 18.2 Å². The van der Waals surface area contributed by atoms with E-state index < -0.39 is 11.2 Å². The molecule has 0 aliphatic carbocycles. The lowest BCUT2D eigenvalue weighted by Gasteiger charge is -2.17. The Morgan fingerprint density at radius 1 is 1.12 bits per heavy atom. The molecule has 1 amide bonds. The average Bonchev–Trinajstić information content (AvgIpc) is 2.66. The third kappa shape index (κ3) is 3.69. The summed E-state index contributed by atoms with van der Waals surface area (Å²) in [6.45, 7) is 0. The van der Waals surface area contributed by atoms with Crippen molar-refractivity contribution in [1.29, 1.82) is 0 Å². The lowest BCUT2D eigenvalue weighted by atomic mass is 10.2. The van der Waals surface area contributed by atoms with E-state index in [9.17, 15) is 14.4 Å². The normalized spacial score (nSPS) is 10.8. The van der Waals surface area contributed by atoms with Gasteiger partial charge in [-0.1, -0.05) is 0 Å². The molecule has 2 rings (SSSR count). The van der Waals surface area contributed by atoms with Crippen molar-refractivity contribution in [2.45, 2.75) is 0 Å². The summed E-state index contributed by atoms with van der Waals surface area (Å²) in [4.78, 5) is 37.6. The largest absolute Gasteiger partial charge is 0.493 e. The number of aromatic nitrogens is 2. The van der Waals surface area contributed by atoms with Crippen LogP contribution in [0.3, 0.4) is 0 Å². The summed E-state index contributed by atoms with van der Waals surface area (Å²) in [7, 11) is 7.57. The third-order valence-electron chi connectivity index (χ3n) is 3.96. The van der Waals surface area contributed by atoms with Crippen LogP contribution in [-0.2, 0) is 18.9 Å². The monoisotopic (exact) mass is 359 g/mol. The van der Waals surface area contributed by atoms with E-state index in [1.807, 2.05) is 0 Å². The minimum Gasteiger partial charge on any atom is -0.493 e. The van der Waals surface area contributed by atoms with E-state index in [-0.39, 0.29) is 11.5 Å². The van der Waals surface area contributed by atoms with Gasteiger partial charge in [-0.2, -0.15) is 0 Å². The van der Waals surface area contributed by atoms with Gasteiger partial charge in [-0.25, -0.2) is 4.79 Å². The second-order valence-corrected chi connectivity index (χ2v) is 5.61. The number of nitrogens with zero attached hydrogens (tertiary/aromatic N) is 3. The Hall–Kier alpha value is -3.29. The number of amides is 1. The molecule has 26 heavy (non-hydrogen) atoms. The molecular weight excluding hydrogens is 338 g/mol. The van der Waals surface area contributed by atoms with Crippen molar-refractivity contribution in [3.8, 4) is 11.5 Å². The third-order valence-corrected chi connectivity index (χ3v) is 3.96. The Bertz CT molecular complexity index is 972. The van der Waals surface area contributed by atoms with Gasteiger partial charge in [0, 0.05) is 45.2 Å². The molecule has 8 heteroatoms. The molecule has 1 aromatic heterocycles. The highest BCUT2D eigenvalue weighted by atomic mass is 16.5. The molecule has 0 N–H and O–H groups in total. The molecule has 1 aromatic carbocycles. The summed E-state index contributed by atoms with van der Waals surface area (Å²) < 4.78 is 12.7. The van der Waals surface area contributed by atoms with Gasteiger partial charge in [0.25, 0.3) is 11.5 Å². The Morgan fingerprint density at radius 3 is 2.38 bits per heavy atom. The molecule has 0 radical (unpaired) electrons.